The molecule has 3 nitrogen and oxygen atoms in total. The predicted molar refractivity (Wildman–Crippen MR) is 56.8 cm³/mol. The Hall–Kier alpha value is -0.120. The lowest BCUT2D eigenvalue weighted by atomic mass is 10.2. The van der Waals surface area contributed by atoms with Gasteiger partial charge in [-0.15, -0.1) is 0 Å². The van der Waals surface area contributed by atoms with Gasteiger partial charge in [-0.1, -0.05) is 6.92 Å². The molecule has 0 radical (unpaired) electrons. The zero-order valence-electron chi connectivity index (χ0n) is 9.16. The molecule has 2 N–H and O–H groups in total. The molecule has 1 saturated heterocycles. The van der Waals surface area contributed by atoms with Gasteiger partial charge in [0.05, 0.1) is 0 Å². The molecule has 2 unspecified atom stereocenters. The van der Waals surface area contributed by atoms with E-state index in [1.807, 2.05) is 0 Å². The molecule has 1 heterocycles. The molecule has 3 heteroatoms. The highest BCUT2D eigenvalue weighted by molar-refractivity contribution is 4.79. The summed E-state index contributed by atoms with van der Waals surface area (Å²) >= 11 is 0. The van der Waals surface area contributed by atoms with Gasteiger partial charge in [0.25, 0.3) is 0 Å². The molecule has 2 atom stereocenters. The van der Waals surface area contributed by atoms with E-state index in [1.54, 1.807) is 0 Å². The van der Waals surface area contributed by atoms with E-state index < -0.39 is 0 Å². The Morgan fingerprint density at radius 1 is 1.46 bits per heavy atom. The van der Waals surface area contributed by atoms with Crippen LogP contribution in [0.4, 0.5) is 0 Å². The molecular weight excluding hydrogens is 162 g/mol. The highest BCUT2D eigenvalue weighted by atomic mass is 15.3. The molecular formula is C10H23N3. The molecule has 13 heavy (non-hydrogen) atoms. The summed E-state index contributed by atoms with van der Waals surface area (Å²) in [4.78, 5) is 5.00. The number of rotatable bonds is 3. The van der Waals surface area contributed by atoms with Crippen LogP contribution in [0.3, 0.4) is 0 Å². The summed E-state index contributed by atoms with van der Waals surface area (Å²) in [6, 6.07) is 0.998. The SMILES string of the molecule is CCN1CCN(CC(C)N)CC1C. The Labute approximate surface area is 81.9 Å². The average molecular weight is 185 g/mol. The molecule has 0 bridgehead atoms. The molecule has 1 rings (SSSR count). The summed E-state index contributed by atoms with van der Waals surface area (Å²) in [5.41, 5.74) is 5.78. The molecule has 1 aliphatic rings. The first-order chi connectivity index (χ1) is 6.13. The maximum atomic E-state index is 5.78. The van der Waals surface area contributed by atoms with Crippen LogP contribution in [0.1, 0.15) is 20.8 Å². The van der Waals surface area contributed by atoms with Crippen molar-refractivity contribution in [3.8, 4) is 0 Å². The van der Waals surface area contributed by atoms with E-state index in [4.69, 9.17) is 5.73 Å². The van der Waals surface area contributed by atoms with Gasteiger partial charge in [0.2, 0.25) is 0 Å². The van der Waals surface area contributed by atoms with Gasteiger partial charge in [0.1, 0.15) is 0 Å². The average Bonchev–Trinajstić information content (AvgIpc) is 2.03. The van der Waals surface area contributed by atoms with Crippen molar-refractivity contribution < 1.29 is 0 Å². The summed E-state index contributed by atoms with van der Waals surface area (Å²) in [6.45, 7) is 12.4. The molecule has 78 valence electrons. The van der Waals surface area contributed by atoms with Crippen LogP contribution in [0.25, 0.3) is 0 Å². The van der Waals surface area contributed by atoms with Crippen molar-refractivity contribution in [3.63, 3.8) is 0 Å². The number of likely N-dealkylation sites (N-methyl/N-ethyl adjacent to an activating group) is 1. The zero-order valence-corrected chi connectivity index (χ0v) is 9.16. The first kappa shape index (κ1) is 11.0. The van der Waals surface area contributed by atoms with Gasteiger partial charge in [-0.2, -0.15) is 0 Å². The summed E-state index contributed by atoms with van der Waals surface area (Å²) in [7, 11) is 0. The van der Waals surface area contributed by atoms with Gasteiger partial charge in [0.15, 0.2) is 0 Å². The van der Waals surface area contributed by atoms with Crippen molar-refractivity contribution in [2.45, 2.75) is 32.9 Å². The van der Waals surface area contributed by atoms with Crippen LogP contribution in [0, 0.1) is 0 Å². The van der Waals surface area contributed by atoms with Crippen molar-refractivity contribution in [3.05, 3.63) is 0 Å². The Balaban J connectivity index is 2.32. The number of piperazine rings is 1. The molecule has 0 aliphatic carbocycles. The minimum Gasteiger partial charge on any atom is -0.327 e. The predicted octanol–water partition coefficient (Wildman–Crippen LogP) is 0.360. The molecule has 0 aromatic heterocycles. The van der Waals surface area contributed by atoms with Crippen LogP contribution in [0.5, 0.6) is 0 Å². The van der Waals surface area contributed by atoms with Crippen LogP contribution in [0.2, 0.25) is 0 Å². The minimum absolute atomic E-state index is 0.306. The molecule has 0 aromatic carbocycles. The summed E-state index contributed by atoms with van der Waals surface area (Å²) in [5.74, 6) is 0. The smallest absolute Gasteiger partial charge is 0.0195 e. The Kier molecular flexibility index (Phi) is 4.16. The lowest BCUT2D eigenvalue weighted by molar-refractivity contribution is 0.0853. The fourth-order valence-corrected chi connectivity index (χ4v) is 2.11. The van der Waals surface area contributed by atoms with Crippen molar-refractivity contribution in [2.24, 2.45) is 5.73 Å². The van der Waals surface area contributed by atoms with E-state index in [1.165, 1.54) is 26.2 Å². The number of hydrogen-bond acceptors (Lipinski definition) is 3. The van der Waals surface area contributed by atoms with Crippen LogP contribution in [-0.4, -0.2) is 54.6 Å². The van der Waals surface area contributed by atoms with Crippen molar-refractivity contribution in [2.75, 3.05) is 32.7 Å². The van der Waals surface area contributed by atoms with E-state index in [-0.39, 0.29) is 0 Å². The topological polar surface area (TPSA) is 32.5 Å². The lowest BCUT2D eigenvalue weighted by Gasteiger charge is -2.39. The Bertz CT molecular complexity index is 147. The first-order valence-corrected chi connectivity index (χ1v) is 5.35. The maximum absolute atomic E-state index is 5.78. The van der Waals surface area contributed by atoms with Crippen molar-refractivity contribution >= 4 is 0 Å². The number of hydrogen-bond donors (Lipinski definition) is 1. The summed E-state index contributed by atoms with van der Waals surface area (Å²) in [5, 5.41) is 0. The normalized spacial score (nSPS) is 29.1. The standard InChI is InChI=1S/C10H23N3/c1-4-13-6-5-12(7-9(2)11)8-10(13)3/h9-10H,4-8,11H2,1-3H3. The third-order valence-corrected chi connectivity index (χ3v) is 2.80. The van der Waals surface area contributed by atoms with Crippen LogP contribution < -0.4 is 5.73 Å². The maximum Gasteiger partial charge on any atom is 0.0195 e. The highest BCUT2D eigenvalue weighted by Gasteiger charge is 2.22. The molecule has 1 fully saturated rings. The van der Waals surface area contributed by atoms with Gasteiger partial charge in [-0.05, 0) is 20.4 Å². The van der Waals surface area contributed by atoms with E-state index in [9.17, 15) is 0 Å². The van der Waals surface area contributed by atoms with E-state index >= 15 is 0 Å². The quantitative estimate of drug-likeness (QED) is 0.689. The monoisotopic (exact) mass is 185 g/mol. The van der Waals surface area contributed by atoms with Gasteiger partial charge in [-0.3, -0.25) is 9.80 Å². The van der Waals surface area contributed by atoms with Crippen molar-refractivity contribution in [1.82, 2.24) is 9.80 Å². The first-order valence-electron chi connectivity index (χ1n) is 5.35. The summed E-state index contributed by atoms with van der Waals surface area (Å²) < 4.78 is 0. The van der Waals surface area contributed by atoms with Crippen molar-refractivity contribution in [1.29, 1.82) is 0 Å². The van der Waals surface area contributed by atoms with Crippen LogP contribution in [0.15, 0.2) is 0 Å². The van der Waals surface area contributed by atoms with Crippen LogP contribution in [-0.2, 0) is 0 Å². The second kappa shape index (κ2) is 4.94. The number of nitrogens with two attached hydrogens (primary N) is 1. The largest absolute Gasteiger partial charge is 0.327 e. The highest BCUT2D eigenvalue weighted by Crippen LogP contribution is 2.08. The summed E-state index contributed by atoms with van der Waals surface area (Å²) in [6.07, 6.45) is 0. The minimum atomic E-state index is 0.306. The fourth-order valence-electron chi connectivity index (χ4n) is 2.11. The fraction of sp³-hybridized carbons (Fsp3) is 1.00. The van der Waals surface area contributed by atoms with E-state index in [0.29, 0.717) is 12.1 Å². The van der Waals surface area contributed by atoms with Gasteiger partial charge < -0.3 is 5.73 Å². The molecule has 0 aromatic rings. The third kappa shape index (κ3) is 3.25. The van der Waals surface area contributed by atoms with Gasteiger partial charge in [-0.25, -0.2) is 0 Å². The second-order valence-electron chi connectivity index (χ2n) is 4.21. The molecule has 0 spiro atoms. The zero-order chi connectivity index (χ0) is 9.84. The molecule has 0 amide bonds. The Morgan fingerprint density at radius 3 is 2.62 bits per heavy atom. The van der Waals surface area contributed by atoms with Crippen LogP contribution >= 0.6 is 0 Å². The third-order valence-electron chi connectivity index (χ3n) is 2.80. The van der Waals surface area contributed by atoms with Gasteiger partial charge >= 0.3 is 0 Å². The second-order valence-corrected chi connectivity index (χ2v) is 4.21. The van der Waals surface area contributed by atoms with E-state index in [2.05, 4.69) is 30.6 Å². The van der Waals surface area contributed by atoms with E-state index in [0.717, 1.165) is 6.54 Å². The lowest BCUT2D eigenvalue weighted by Crippen LogP contribution is -2.53. The number of nitrogens with zero attached hydrogens (tertiary/aromatic N) is 2. The molecule has 0 saturated carbocycles. The molecule has 1 aliphatic heterocycles. The van der Waals surface area contributed by atoms with Gasteiger partial charge in [0, 0.05) is 38.3 Å². The Morgan fingerprint density at radius 2 is 2.15 bits per heavy atom.